The van der Waals surface area contributed by atoms with E-state index in [0.29, 0.717) is 24.7 Å². The van der Waals surface area contributed by atoms with Crippen molar-refractivity contribution in [1.29, 1.82) is 0 Å². The first-order valence-corrected chi connectivity index (χ1v) is 5.50. The van der Waals surface area contributed by atoms with Crippen molar-refractivity contribution in [2.75, 3.05) is 11.1 Å². The monoisotopic (exact) mass is 227 g/mol. The summed E-state index contributed by atoms with van der Waals surface area (Å²) in [4.78, 5) is 4.20. The molecule has 1 aliphatic rings. The minimum absolute atomic E-state index is 0.643. The zero-order valence-corrected chi connectivity index (χ0v) is 9.31. The Labute approximate surface area is 99.4 Å². The van der Waals surface area contributed by atoms with E-state index in [9.17, 15) is 0 Å². The van der Waals surface area contributed by atoms with Crippen LogP contribution in [-0.2, 0) is 18.0 Å². The second-order valence-corrected chi connectivity index (χ2v) is 4.04. The zero-order valence-electron chi connectivity index (χ0n) is 9.31. The second-order valence-electron chi connectivity index (χ2n) is 4.04. The van der Waals surface area contributed by atoms with E-state index in [-0.39, 0.29) is 0 Å². The standard InChI is InChI=1S/C13H13N3O/c14-12-2-1-5-15-13(12)16-11-4-3-9-7-17-8-10(9)6-11/h1-6H,7-8,14H2,(H,15,16). The highest BCUT2D eigenvalue weighted by Crippen LogP contribution is 2.26. The summed E-state index contributed by atoms with van der Waals surface area (Å²) in [6, 6.07) is 9.81. The van der Waals surface area contributed by atoms with Gasteiger partial charge in [0.2, 0.25) is 0 Å². The van der Waals surface area contributed by atoms with E-state index in [1.165, 1.54) is 11.1 Å². The number of rotatable bonds is 2. The summed E-state index contributed by atoms with van der Waals surface area (Å²) in [6.45, 7) is 1.39. The van der Waals surface area contributed by atoms with Crippen LogP contribution in [0.25, 0.3) is 0 Å². The molecule has 4 heteroatoms. The molecule has 2 heterocycles. The maximum atomic E-state index is 5.83. The Morgan fingerprint density at radius 1 is 1.18 bits per heavy atom. The zero-order chi connectivity index (χ0) is 11.7. The Bertz CT molecular complexity index is 554. The van der Waals surface area contributed by atoms with Crippen molar-refractivity contribution in [3.8, 4) is 0 Å². The van der Waals surface area contributed by atoms with Crippen molar-refractivity contribution < 1.29 is 4.74 Å². The highest BCUT2D eigenvalue weighted by molar-refractivity contribution is 5.68. The third-order valence-electron chi connectivity index (χ3n) is 2.82. The molecule has 1 aromatic heterocycles. The third-order valence-corrected chi connectivity index (χ3v) is 2.82. The largest absolute Gasteiger partial charge is 0.396 e. The van der Waals surface area contributed by atoms with Crippen LogP contribution in [0.1, 0.15) is 11.1 Å². The van der Waals surface area contributed by atoms with Crippen LogP contribution in [0.4, 0.5) is 17.2 Å². The Balaban J connectivity index is 1.89. The highest BCUT2D eigenvalue weighted by Gasteiger charge is 2.11. The number of hydrogen-bond acceptors (Lipinski definition) is 4. The number of nitrogen functional groups attached to an aromatic ring is 1. The van der Waals surface area contributed by atoms with Crippen molar-refractivity contribution >= 4 is 17.2 Å². The molecule has 2 aromatic rings. The van der Waals surface area contributed by atoms with Gasteiger partial charge in [0.25, 0.3) is 0 Å². The van der Waals surface area contributed by atoms with E-state index in [2.05, 4.69) is 22.4 Å². The second kappa shape index (κ2) is 4.07. The summed E-state index contributed by atoms with van der Waals surface area (Å²) in [5.74, 6) is 0.686. The lowest BCUT2D eigenvalue weighted by Crippen LogP contribution is -1.99. The number of nitrogens with two attached hydrogens (primary N) is 1. The van der Waals surface area contributed by atoms with Gasteiger partial charge in [0.1, 0.15) is 0 Å². The number of fused-ring (bicyclic) bond motifs is 1. The van der Waals surface area contributed by atoms with Crippen LogP contribution in [-0.4, -0.2) is 4.98 Å². The number of pyridine rings is 1. The number of hydrogen-bond donors (Lipinski definition) is 2. The third kappa shape index (κ3) is 1.94. The van der Waals surface area contributed by atoms with Crippen LogP contribution in [0.2, 0.25) is 0 Å². The lowest BCUT2D eigenvalue weighted by Gasteiger charge is -2.08. The normalized spacial score (nSPS) is 13.4. The fourth-order valence-corrected chi connectivity index (χ4v) is 1.91. The van der Waals surface area contributed by atoms with Crippen LogP contribution >= 0.6 is 0 Å². The molecule has 3 rings (SSSR count). The summed E-state index contributed by atoms with van der Waals surface area (Å²) in [6.07, 6.45) is 1.72. The molecule has 0 spiro atoms. The van der Waals surface area contributed by atoms with Gasteiger partial charge in [0.15, 0.2) is 5.82 Å². The Morgan fingerprint density at radius 2 is 2.06 bits per heavy atom. The van der Waals surface area contributed by atoms with E-state index in [1.807, 2.05) is 18.2 Å². The van der Waals surface area contributed by atoms with Crippen LogP contribution in [0.15, 0.2) is 36.5 Å². The number of anilines is 3. The topological polar surface area (TPSA) is 60.2 Å². The van der Waals surface area contributed by atoms with Crippen molar-refractivity contribution in [1.82, 2.24) is 4.98 Å². The quantitative estimate of drug-likeness (QED) is 0.827. The van der Waals surface area contributed by atoms with Crippen LogP contribution in [0.3, 0.4) is 0 Å². The Hall–Kier alpha value is -2.07. The fourth-order valence-electron chi connectivity index (χ4n) is 1.91. The smallest absolute Gasteiger partial charge is 0.153 e. The summed E-state index contributed by atoms with van der Waals surface area (Å²) >= 11 is 0. The van der Waals surface area contributed by atoms with Crippen molar-refractivity contribution in [3.63, 3.8) is 0 Å². The van der Waals surface area contributed by atoms with Gasteiger partial charge in [-0.15, -0.1) is 0 Å². The molecular formula is C13H13N3O. The first-order chi connectivity index (χ1) is 8.33. The molecule has 0 bridgehead atoms. The van der Waals surface area contributed by atoms with E-state index >= 15 is 0 Å². The summed E-state index contributed by atoms with van der Waals surface area (Å²) in [5, 5.41) is 3.21. The van der Waals surface area contributed by atoms with E-state index in [1.54, 1.807) is 6.20 Å². The molecule has 3 N–H and O–H groups in total. The maximum Gasteiger partial charge on any atom is 0.153 e. The van der Waals surface area contributed by atoms with Crippen LogP contribution < -0.4 is 11.1 Å². The molecule has 4 nitrogen and oxygen atoms in total. The highest BCUT2D eigenvalue weighted by atomic mass is 16.5. The average molecular weight is 227 g/mol. The number of aromatic nitrogens is 1. The van der Waals surface area contributed by atoms with E-state index < -0.39 is 0 Å². The minimum atomic E-state index is 0.643. The van der Waals surface area contributed by atoms with Crippen molar-refractivity contribution in [2.45, 2.75) is 13.2 Å². The molecular weight excluding hydrogens is 214 g/mol. The number of benzene rings is 1. The SMILES string of the molecule is Nc1cccnc1Nc1ccc2c(c1)COC2. The van der Waals surface area contributed by atoms with Gasteiger partial charge in [0, 0.05) is 11.9 Å². The molecule has 17 heavy (non-hydrogen) atoms. The lowest BCUT2D eigenvalue weighted by atomic mass is 10.1. The van der Waals surface area contributed by atoms with Gasteiger partial charge in [-0.25, -0.2) is 4.98 Å². The first-order valence-electron chi connectivity index (χ1n) is 5.50. The van der Waals surface area contributed by atoms with Crippen molar-refractivity contribution in [2.24, 2.45) is 0 Å². The predicted octanol–water partition coefficient (Wildman–Crippen LogP) is 2.44. The van der Waals surface area contributed by atoms with Gasteiger partial charge < -0.3 is 15.8 Å². The molecule has 1 aliphatic heterocycles. The predicted molar refractivity (Wildman–Crippen MR) is 66.9 cm³/mol. The molecule has 0 saturated carbocycles. The van der Waals surface area contributed by atoms with Gasteiger partial charge in [-0.1, -0.05) is 6.07 Å². The molecule has 0 fully saturated rings. The lowest BCUT2D eigenvalue weighted by molar-refractivity contribution is 0.134. The van der Waals surface area contributed by atoms with Crippen LogP contribution in [0, 0.1) is 0 Å². The fraction of sp³-hybridized carbons (Fsp3) is 0.154. The molecule has 0 unspecified atom stereocenters. The van der Waals surface area contributed by atoms with Gasteiger partial charge in [0.05, 0.1) is 18.9 Å². The maximum absolute atomic E-state index is 5.83. The number of nitrogens with zero attached hydrogens (tertiary/aromatic N) is 1. The molecule has 86 valence electrons. The average Bonchev–Trinajstić information content (AvgIpc) is 2.79. The van der Waals surface area contributed by atoms with Gasteiger partial charge >= 0.3 is 0 Å². The Kier molecular flexibility index (Phi) is 2.42. The van der Waals surface area contributed by atoms with Crippen molar-refractivity contribution in [3.05, 3.63) is 47.7 Å². The molecule has 1 aromatic carbocycles. The Morgan fingerprint density at radius 3 is 2.94 bits per heavy atom. The molecule has 0 atom stereocenters. The number of nitrogens with one attached hydrogen (secondary N) is 1. The molecule has 0 saturated heterocycles. The summed E-state index contributed by atoms with van der Waals surface area (Å²) in [7, 11) is 0. The van der Waals surface area contributed by atoms with Gasteiger partial charge in [-0.2, -0.15) is 0 Å². The summed E-state index contributed by atoms with van der Waals surface area (Å²) in [5.41, 5.74) is 9.94. The van der Waals surface area contributed by atoms with Crippen LogP contribution in [0.5, 0.6) is 0 Å². The molecule has 0 radical (unpaired) electrons. The van der Waals surface area contributed by atoms with Gasteiger partial charge in [-0.3, -0.25) is 0 Å². The first kappa shape index (κ1) is 10.1. The van der Waals surface area contributed by atoms with E-state index in [0.717, 1.165) is 5.69 Å². The van der Waals surface area contributed by atoms with E-state index in [4.69, 9.17) is 10.5 Å². The summed E-state index contributed by atoms with van der Waals surface area (Å²) < 4.78 is 5.38. The van der Waals surface area contributed by atoms with Gasteiger partial charge in [-0.05, 0) is 35.4 Å². The molecule has 0 aliphatic carbocycles. The number of ether oxygens (including phenoxy) is 1. The minimum Gasteiger partial charge on any atom is -0.396 e. The molecule has 0 amide bonds.